The molecule has 1 saturated heterocycles. The Morgan fingerprint density at radius 3 is 2.59 bits per heavy atom. The van der Waals surface area contributed by atoms with E-state index in [9.17, 15) is 0 Å². The number of hydrogen-bond acceptors (Lipinski definition) is 6. The van der Waals surface area contributed by atoms with Gasteiger partial charge in [0, 0.05) is 31.0 Å². The van der Waals surface area contributed by atoms with Gasteiger partial charge in [0.25, 0.3) is 0 Å². The molecule has 2 aromatic rings. The Kier molecular flexibility index (Phi) is 4.71. The van der Waals surface area contributed by atoms with Gasteiger partial charge >= 0.3 is 0 Å². The van der Waals surface area contributed by atoms with Crippen LogP contribution in [-0.2, 0) is 16.2 Å². The van der Waals surface area contributed by atoms with E-state index in [1.54, 1.807) is 6.20 Å². The molecule has 0 saturated carbocycles. The summed E-state index contributed by atoms with van der Waals surface area (Å²) in [4.78, 5) is 14.0. The quantitative estimate of drug-likeness (QED) is 0.856. The van der Waals surface area contributed by atoms with Crippen molar-refractivity contribution in [3.8, 4) is 17.3 Å². The van der Waals surface area contributed by atoms with E-state index in [0.717, 1.165) is 24.2 Å². The van der Waals surface area contributed by atoms with Crippen molar-refractivity contribution in [2.75, 3.05) is 26.3 Å². The third kappa shape index (κ3) is 3.46. The fraction of sp³-hybridized carbons (Fsp3) is 0.312. The van der Waals surface area contributed by atoms with Gasteiger partial charge in [-0.15, -0.1) is 0 Å². The van der Waals surface area contributed by atoms with Gasteiger partial charge in [0.1, 0.15) is 11.8 Å². The van der Waals surface area contributed by atoms with E-state index >= 15 is 0 Å². The van der Waals surface area contributed by atoms with Gasteiger partial charge in [0.15, 0.2) is 5.69 Å². The number of benzene rings is 1. The molecule has 0 atom stereocenters. The summed E-state index contributed by atoms with van der Waals surface area (Å²) in [6.45, 7) is 3.53. The smallest absolute Gasteiger partial charge is 0.166 e. The molecule has 2 heterocycles. The zero-order valence-corrected chi connectivity index (χ0v) is 12.1. The lowest BCUT2D eigenvalue weighted by atomic mass is 10.1. The predicted octanol–water partition coefficient (Wildman–Crippen LogP) is 1.78. The molecule has 1 aromatic heterocycles. The van der Waals surface area contributed by atoms with Crippen molar-refractivity contribution < 1.29 is 9.57 Å². The van der Waals surface area contributed by atoms with Crippen LogP contribution in [-0.4, -0.2) is 41.3 Å². The molecule has 1 aromatic carbocycles. The van der Waals surface area contributed by atoms with Crippen molar-refractivity contribution in [2.45, 2.75) is 6.61 Å². The fourth-order valence-corrected chi connectivity index (χ4v) is 2.23. The maximum Gasteiger partial charge on any atom is 0.166 e. The van der Waals surface area contributed by atoms with Gasteiger partial charge in [-0.3, -0.25) is 9.82 Å². The average Bonchev–Trinajstić information content (AvgIpc) is 2.61. The molecule has 3 rings (SSSR count). The molecule has 6 heteroatoms. The predicted molar refractivity (Wildman–Crippen MR) is 79.4 cm³/mol. The third-order valence-electron chi connectivity index (χ3n) is 3.42. The maximum absolute atomic E-state index is 9.07. The maximum atomic E-state index is 9.07. The van der Waals surface area contributed by atoms with Crippen LogP contribution in [0, 0.1) is 11.3 Å². The van der Waals surface area contributed by atoms with E-state index in [1.807, 2.05) is 29.3 Å². The van der Waals surface area contributed by atoms with Gasteiger partial charge in [-0.2, -0.15) is 10.3 Å². The number of nitrogens with zero attached hydrogens (tertiary/aromatic N) is 4. The first-order valence-electron chi connectivity index (χ1n) is 7.13. The molecule has 22 heavy (non-hydrogen) atoms. The van der Waals surface area contributed by atoms with Crippen LogP contribution in [0.3, 0.4) is 0 Å². The zero-order chi connectivity index (χ0) is 15.2. The van der Waals surface area contributed by atoms with Crippen LogP contribution in [0.25, 0.3) is 11.3 Å². The molecule has 0 spiro atoms. The summed E-state index contributed by atoms with van der Waals surface area (Å²) in [6.07, 6.45) is 3.11. The normalized spacial score (nSPS) is 15.4. The van der Waals surface area contributed by atoms with Crippen molar-refractivity contribution >= 4 is 0 Å². The molecule has 1 fully saturated rings. The highest BCUT2D eigenvalue weighted by atomic mass is 16.7. The number of ether oxygens (including phenoxy) is 1. The molecule has 0 N–H and O–H groups in total. The lowest BCUT2D eigenvalue weighted by Crippen LogP contribution is -2.36. The van der Waals surface area contributed by atoms with Crippen molar-refractivity contribution in [1.29, 1.82) is 5.26 Å². The number of hydroxylamine groups is 2. The van der Waals surface area contributed by atoms with E-state index in [-0.39, 0.29) is 0 Å². The second-order valence-electron chi connectivity index (χ2n) is 4.88. The van der Waals surface area contributed by atoms with Gasteiger partial charge in [-0.25, -0.2) is 4.98 Å². The van der Waals surface area contributed by atoms with E-state index in [2.05, 4.69) is 16.0 Å². The summed E-state index contributed by atoms with van der Waals surface area (Å²) in [5.41, 5.74) is 2.88. The van der Waals surface area contributed by atoms with Crippen LogP contribution in [0.1, 0.15) is 11.3 Å². The Bertz CT molecular complexity index is 661. The number of hydrogen-bond donors (Lipinski definition) is 0. The molecule has 0 radical (unpaired) electrons. The Hall–Kier alpha value is -2.33. The van der Waals surface area contributed by atoms with Gasteiger partial charge in [-0.1, -0.05) is 24.3 Å². The summed E-state index contributed by atoms with van der Waals surface area (Å²) >= 11 is 0. The van der Waals surface area contributed by atoms with E-state index < -0.39 is 0 Å². The van der Waals surface area contributed by atoms with Crippen LogP contribution in [0.4, 0.5) is 0 Å². The van der Waals surface area contributed by atoms with Crippen molar-refractivity contribution in [1.82, 2.24) is 15.0 Å². The highest BCUT2D eigenvalue weighted by molar-refractivity contribution is 5.64. The summed E-state index contributed by atoms with van der Waals surface area (Å²) in [7, 11) is 0. The molecule has 0 unspecified atom stereocenters. The zero-order valence-electron chi connectivity index (χ0n) is 12.1. The molecule has 1 aliphatic heterocycles. The van der Waals surface area contributed by atoms with Gasteiger partial charge in [0.2, 0.25) is 0 Å². The highest BCUT2D eigenvalue weighted by Crippen LogP contribution is 2.20. The lowest BCUT2D eigenvalue weighted by Gasteiger charge is -2.25. The van der Waals surface area contributed by atoms with Crippen LogP contribution < -0.4 is 0 Å². The first-order chi connectivity index (χ1) is 10.9. The van der Waals surface area contributed by atoms with Crippen LogP contribution in [0.2, 0.25) is 0 Å². The molecule has 1 aliphatic rings. The lowest BCUT2D eigenvalue weighted by molar-refractivity contribution is -0.202. The number of nitriles is 1. The van der Waals surface area contributed by atoms with Crippen molar-refractivity contribution in [3.63, 3.8) is 0 Å². The molecule has 6 nitrogen and oxygen atoms in total. The van der Waals surface area contributed by atoms with Crippen LogP contribution >= 0.6 is 0 Å². The average molecular weight is 296 g/mol. The number of morpholine rings is 1. The van der Waals surface area contributed by atoms with Gasteiger partial charge in [0.05, 0.1) is 19.8 Å². The number of rotatable bonds is 4. The largest absolute Gasteiger partial charge is 0.379 e. The minimum atomic E-state index is 0.333. The minimum Gasteiger partial charge on any atom is -0.379 e. The second-order valence-corrected chi connectivity index (χ2v) is 4.88. The Balaban J connectivity index is 1.66. The van der Waals surface area contributed by atoms with Gasteiger partial charge in [-0.05, 0) is 5.56 Å². The molecule has 0 aliphatic carbocycles. The summed E-state index contributed by atoms with van der Waals surface area (Å²) in [6, 6.07) is 9.88. The number of aromatic nitrogens is 2. The molecule has 0 amide bonds. The van der Waals surface area contributed by atoms with Crippen molar-refractivity contribution in [3.05, 3.63) is 47.9 Å². The second kappa shape index (κ2) is 7.09. The fourth-order valence-electron chi connectivity index (χ4n) is 2.23. The van der Waals surface area contributed by atoms with Crippen LogP contribution in [0.5, 0.6) is 0 Å². The van der Waals surface area contributed by atoms with E-state index in [1.165, 1.54) is 6.20 Å². The molecule has 0 bridgehead atoms. The third-order valence-corrected chi connectivity index (χ3v) is 3.42. The monoisotopic (exact) mass is 296 g/mol. The van der Waals surface area contributed by atoms with Gasteiger partial charge < -0.3 is 4.74 Å². The standard InChI is InChI=1S/C16H16N4O2/c17-11-15-16(19-6-5-18-15)14-3-1-13(2-4-14)12-22-20-7-9-21-10-8-20/h1-6H,7-10,12H2. The first-order valence-corrected chi connectivity index (χ1v) is 7.13. The SMILES string of the molecule is N#Cc1nccnc1-c1ccc(CON2CCOCC2)cc1. The Morgan fingerprint density at radius 1 is 1.14 bits per heavy atom. The van der Waals surface area contributed by atoms with Crippen molar-refractivity contribution in [2.24, 2.45) is 0 Å². The summed E-state index contributed by atoms with van der Waals surface area (Å²) in [5.74, 6) is 0. The summed E-state index contributed by atoms with van der Waals surface area (Å²) in [5, 5.41) is 11.0. The topological polar surface area (TPSA) is 71.3 Å². The first kappa shape index (κ1) is 14.6. The van der Waals surface area contributed by atoms with E-state index in [4.69, 9.17) is 14.8 Å². The minimum absolute atomic E-state index is 0.333. The molecular weight excluding hydrogens is 280 g/mol. The highest BCUT2D eigenvalue weighted by Gasteiger charge is 2.11. The summed E-state index contributed by atoms with van der Waals surface area (Å²) < 4.78 is 5.28. The Morgan fingerprint density at radius 2 is 1.86 bits per heavy atom. The molecule has 112 valence electrons. The molecular formula is C16H16N4O2. The Labute approximate surface area is 128 Å². The van der Waals surface area contributed by atoms with Crippen LogP contribution in [0.15, 0.2) is 36.7 Å². The van der Waals surface area contributed by atoms with E-state index in [0.29, 0.717) is 31.2 Å².